The van der Waals surface area contributed by atoms with Gasteiger partial charge >= 0.3 is 18.2 Å². The number of nitro benzene ring substituents is 1. The van der Waals surface area contributed by atoms with Crippen LogP contribution in [0.25, 0.3) is 0 Å². The summed E-state index contributed by atoms with van der Waals surface area (Å²) >= 11 is 0. The average Bonchev–Trinajstić information content (AvgIpc) is 2.79. The number of ether oxygens (including phenoxy) is 4. The number of rotatable bonds is 10. The third kappa shape index (κ3) is 8.92. The summed E-state index contributed by atoms with van der Waals surface area (Å²) < 4.78 is 20.0. The predicted molar refractivity (Wildman–Crippen MR) is 127 cm³/mol. The third-order valence-corrected chi connectivity index (χ3v) is 4.36. The zero-order valence-electron chi connectivity index (χ0n) is 20.8. The molecule has 38 heavy (non-hydrogen) atoms. The lowest BCUT2D eigenvalue weighted by atomic mass is 10.0. The van der Waals surface area contributed by atoms with Gasteiger partial charge in [0.1, 0.15) is 17.1 Å². The highest BCUT2D eigenvalue weighted by atomic mass is 17.0. The molecule has 2 rings (SSSR count). The number of amides is 1. The first kappa shape index (κ1) is 29.3. The quantitative estimate of drug-likeness (QED) is 0.152. The minimum absolute atomic E-state index is 0.00147. The number of nitro groups is 1. The molecule has 0 heterocycles. The summed E-state index contributed by atoms with van der Waals surface area (Å²) in [5, 5.41) is 22.8. The Morgan fingerprint density at radius 2 is 1.42 bits per heavy atom. The lowest BCUT2D eigenvalue weighted by Gasteiger charge is -2.31. The van der Waals surface area contributed by atoms with Crippen molar-refractivity contribution in [1.82, 2.24) is 5.32 Å². The Balaban J connectivity index is 2.19. The van der Waals surface area contributed by atoms with E-state index in [-0.39, 0.29) is 29.4 Å². The maximum Gasteiger partial charge on any atom is 0.519 e. The Bertz CT molecular complexity index is 1180. The van der Waals surface area contributed by atoms with E-state index >= 15 is 0 Å². The van der Waals surface area contributed by atoms with E-state index in [2.05, 4.69) is 10.2 Å². The van der Waals surface area contributed by atoms with E-state index in [4.69, 9.17) is 18.9 Å². The topological polar surface area (TPSA) is 196 Å². The number of non-ortho nitro benzene ring substituents is 1. The van der Waals surface area contributed by atoms with Gasteiger partial charge in [-0.3, -0.25) is 20.3 Å². The van der Waals surface area contributed by atoms with Gasteiger partial charge in [-0.15, -0.1) is 10.1 Å². The summed E-state index contributed by atoms with van der Waals surface area (Å²) in [7, 11) is 0. The van der Waals surface area contributed by atoms with Gasteiger partial charge in [0.05, 0.1) is 11.5 Å². The van der Waals surface area contributed by atoms with Gasteiger partial charge in [-0.1, -0.05) is 12.1 Å². The number of carbonyl (C=O) groups is 3. The van der Waals surface area contributed by atoms with Crippen molar-refractivity contribution in [2.24, 2.45) is 0 Å². The molecule has 0 fully saturated rings. The van der Waals surface area contributed by atoms with Crippen LogP contribution in [0, 0.1) is 20.2 Å². The first-order chi connectivity index (χ1) is 17.7. The van der Waals surface area contributed by atoms with Crippen LogP contribution in [-0.4, -0.2) is 46.2 Å². The number of alkyl carbamates (subject to hydrolysis) is 1. The second-order valence-electron chi connectivity index (χ2n) is 8.52. The van der Waals surface area contributed by atoms with Crippen LogP contribution in [0.15, 0.2) is 48.5 Å². The molecule has 1 amide bonds. The third-order valence-electron chi connectivity index (χ3n) is 4.36. The molecule has 0 bridgehead atoms. The van der Waals surface area contributed by atoms with Gasteiger partial charge in [0.25, 0.3) is 16.5 Å². The van der Waals surface area contributed by atoms with E-state index in [1.807, 2.05) is 0 Å². The molecule has 0 aromatic heterocycles. The average molecular weight is 535 g/mol. The first-order valence-electron chi connectivity index (χ1n) is 11.0. The fraction of sp³-hybridized carbons (Fsp3) is 0.348. The molecule has 1 N–H and O–H groups in total. The number of hydrogen-bond donors (Lipinski definition) is 1. The Morgan fingerprint density at radius 3 is 1.87 bits per heavy atom. The number of benzene rings is 2. The standard InChI is InChI=1S/C23H25N3O12/c1-5-34-19(27)23(38-26(32)33,24-20(28)37-22(2,3)4)14-15-6-10-17(11-7-15)35-21(29)36-18-12-8-16(9-13-18)25(30)31/h6-13H,5,14H2,1-4H3,(H,24,28). The van der Waals surface area contributed by atoms with E-state index in [0.717, 1.165) is 12.1 Å². The molecule has 2 aromatic rings. The molecule has 204 valence electrons. The van der Waals surface area contributed by atoms with Crippen LogP contribution in [0.2, 0.25) is 0 Å². The summed E-state index contributed by atoms with van der Waals surface area (Å²) in [4.78, 5) is 63.1. The lowest BCUT2D eigenvalue weighted by molar-refractivity contribution is -0.778. The lowest BCUT2D eigenvalue weighted by Crippen LogP contribution is -2.60. The Hall–Kier alpha value is -4.95. The maximum atomic E-state index is 12.7. The van der Waals surface area contributed by atoms with Crippen LogP contribution in [0.3, 0.4) is 0 Å². The molecule has 1 atom stereocenters. The zero-order valence-corrected chi connectivity index (χ0v) is 20.8. The van der Waals surface area contributed by atoms with Crippen LogP contribution in [0.1, 0.15) is 33.3 Å². The van der Waals surface area contributed by atoms with Crippen molar-refractivity contribution in [2.45, 2.75) is 45.4 Å². The molecule has 15 heteroatoms. The van der Waals surface area contributed by atoms with Gasteiger partial charge in [-0.25, -0.2) is 14.4 Å². The van der Waals surface area contributed by atoms with Gasteiger partial charge in [0.15, 0.2) is 0 Å². The summed E-state index contributed by atoms with van der Waals surface area (Å²) in [6.07, 6.45) is -2.86. The molecule has 1 unspecified atom stereocenters. The number of nitrogens with zero attached hydrogens (tertiary/aromatic N) is 2. The highest BCUT2D eigenvalue weighted by Crippen LogP contribution is 2.23. The summed E-state index contributed by atoms with van der Waals surface area (Å²) in [5.41, 5.74) is -3.52. The van der Waals surface area contributed by atoms with Gasteiger partial charge in [0.2, 0.25) is 0 Å². The normalized spacial score (nSPS) is 12.3. The smallest absolute Gasteiger partial charge is 0.463 e. The largest absolute Gasteiger partial charge is 0.519 e. The molecule has 0 saturated heterocycles. The van der Waals surface area contributed by atoms with Crippen LogP contribution in [-0.2, 0) is 25.5 Å². The second-order valence-corrected chi connectivity index (χ2v) is 8.52. The number of carbonyl (C=O) groups excluding carboxylic acids is 3. The maximum absolute atomic E-state index is 12.7. The van der Waals surface area contributed by atoms with Crippen LogP contribution in [0.5, 0.6) is 11.5 Å². The van der Waals surface area contributed by atoms with Crippen molar-refractivity contribution in [3.63, 3.8) is 0 Å². The van der Waals surface area contributed by atoms with Crippen molar-refractivity contribution < 1.29 is 48.2 Å². The Labute approximate surface area is 215 Å². The summed E-state index contributed by atoms with van der Waals surface area (Å²) in [5.74, 6) is -1.24. The Morgan fingerprint density at radius 1 is 0.895 bits per heavy atom. The minimum atomic E-state index is -2.58. The van der Waals surface area contributed by atoms with Crippen molar-refractivity contribution in [1.29, 1.82) is 0 Å². The van der Waals surface area contributed by atoms with E-state index in [9.17, 15) is 34.6 Å². The van der Waals surface area contributed by atoms with Crippen molar-refractivity contribution in [3.05, 3.63) is 74.3 Å². The predicted octanol–water partition coefficient (Wildman–Crippen LogP) is 3.71. The molecule has 2 aromatic carbocycles. The zero-order chi connectivity index (χ0) is 28.5. The van der Waals surface area contributed by atoms with Gasteiger partial charge in [-0.2, -0.15) is 0 Å². The molecule has 15 nitrogen and oxygen atoms in total. The molecule has 0 saturated carbocycles. The molecule has 0 aliphatic heterocycles. The first-order valence-corrected chi connectivity index (χ1v) is 11.0. The van der Waals surface area contributed by atoms with Gasteiger partial charge in [0, 0.05) is 18.6 Å². The minimum Gasteiger partial charge on any atom is -0.463 e. The molecular weight excluding hydrogens is 510 g/mol. The van der Waals surface area contributed by atoms with Crippen LogP contribution in [0.4, 0.5) is 15.3 Å². The van der Waals surface area contributed by atoms with Gasteiger partial charge < -0.3 is 18.9 Å². The molecular formula is C23H25N3O12. The van der Waals surface area contributed by atoms with E-state index < -0.39 is 46.0 Å². The SMILES string of the molecule is CCOC(=O)C(Cc1ccc(OC(=O)Oc2ccc([N+](=O)[O-])cc2)cc1)(NC(=O)OC(C)(C)C)O[N+](=O)[O-]. The van der Waals surface area contributed by atoms with Crippen LogP contribution >= 0.6 is 0 Å². The van der Waals surface area contributed by atoms with E-state index in [0.29, 0.717) is 0 Å². The monoisotopic (exact) mass is 535 g/mol. The molecule has 0 spiro atoms. The van der Waals surface area contributed by atoms with E-state index in [1.165, 1.54) is 43.3 Å². The van der Waals surface area contributed by atoms with E-state index in [1.54, 1.807) is 20.8 Å². The highest BCUT2D eigenvalue weighted by Gasteiger charge is 2.47. The summed E-state index contributed by atoms with van der Waals surface area (Å²) in [6, 6.07) is 10.0. The second kappa shape index (κ2) is 12.3. The number of hydrogen-bond acceptors (Lipinski definition) is 12. The van der Waals surface area contributed by atoms with Crippen molar-refractivity contribution in [2.75, 3.05) is 6.61 Å². The highest BCUT2D eigenvalue weighted by molar-refractivity contribution is 5.84. The summed E-state index contributed by atoms with van der Waals surface area (Å²) in [6.45, 7) is 5.96. The molecule has 0 radical (unpaired) electrons. The van der Waals surface area contributed by atoms with Crippen LogP contribution < -0.4 is 14.8 Å². The molecule has 0 aliphatic carbocycles. The van der Waals surface area contributed by atoms with Crippen molar-refractivity contribution in [3.8, 4) is 11.5 Å². The number of esters is 1. The Kier molecular flexibility index (Phi) is 9.51. The van der Waals surface area contributed by atoms with Gasteiger partial charge in [-0.05, 0) is 57.5 Å². The fourth-order valence-corrected chi connectivity index (χ4v) is 2.92. The van der Waals surface area contributed by atoms with Crippen molar-refractivity contribution >= 4 is 23.9 Å². The molecule has 0 aliphatic rings. The fourth-order valence-electron chi connectivity index (χ4n) is 2.92. The number of nitrogens with one attached hydrogen (secondary N) is 1.